The molecule has 480 valence electrons. The van der Waals surface area contributed by atoms with Gasteiger partial charge in [0, 0.05) is 0 Å². The lowest BCUT2D eigenvalue weighted by Crippen LogP contribution is -2.27. The average molecular weight is 1180 g/mol. The molecule has 12 atom stereocenters. The standard InChI is InChI=1S/6C12H20O2/c6*13-10-6-7-12(14)11(8-10)9-4-2-1-3-5-9/h6*8-10,12-14H,1-7H2/t6*10-,12+/m000000/s1. The summed E-state index contributed by atoms with van der Waals surface area (Å²) in [5.41, 5.74) is 6.77. The van der Waals surface area contributed by atoms with Crippen molar-refractivity contribution in [1.29, 1.82) is 0 Å². The highest BCUT2D eigenvalue weighted by Gasteiger charge is 2.33. The molecule has 0 saturated heterocycles. The predicted molar refractivity (Wildman–Crippen MR) is 335 cm³/mol. The molecule has 12 nitrogen and oxygen atoms in total. The second kappa shape index (κ2) is 37.2. The average Bonchev–Trinajstić information content (AvgIpc) is 3.68. The zero-order valence-electron chi connectivity index (χ0n) is 51.9. The molecule has 0 aliphatic heterocycles. The Hall–Kier alpha value is -2.04. The molecule has 0 unspecified atom stereocenters. The summed E-state index contributed by atoms with van der Waals surface area (Å²) in [4.78, 5) is 0. The Labute approximate surface area is 507 Å². The van der Waals surface area contributed by atoms with E-state index in [1.54, 1.807) is 0 Å². The largest absolute Gasteiger partial charge is 0.389 e. The Balaban J connectivity index is 0.000000145. The SMILES string of the molecule is O[C@@H]1C=C(C2CCCCC2)[C@H](O)CC1.O[C@@H]1C=C(C2CCCCC2)[C@H](O)CC1.O[C@@H]1C=C(C2CCCCC2)[C@H](O)CC1.O[C@@H]1C=C(C2CCCCC2)[C@H](O)CC1.O[C@@H]1C=C(C2CCCCC2)[C@H](O)CC1.O[C@@H]1C=C(C2CCCCC2)[C@H](O)CC1. The van der Waals surface area contributed by atoms with Gasteiger partial charge in [0.05, 0.1) is 73.2 Å². The first-order valence-electron chi connectivity index (χ1n) is 35.1. The minimum atomic E-state index is -0.310. The second-order valence-corrected chi connectivity index (χ2v) is 28.0. The molecule has 12 aliphatic carbocycles. The lowest BCUT2D eigenvalue weighted by Gasteiger charge is -2.31. The maximum atomic E-state index is 9.86. The number of aliphatic hydroxyl groups is 12. The van der Waals surface area contributed by atoms with Crippen LogP contribution in [0.25, 0.3) is 0 Å². The van der Waals surface area contributed by atoms with Crippen molar-refractivity contribution < 1.29 is 61.3 Å². The van der Waals surface area contributed by atoms with Crippen LogP contribution < -0.4 is 0 Å². The molecule has 0 aromatic heterocycles. The number of rotatable bonds is 6. The maximum Gasteiger partial charge on any atom is 0.0754 e. The molecule has 0 aromatic rings. The van der Waals surface area contributed by atoms with Crippen LogP contribution >= 0.6 is 0 Å². The summed E-state index contributed by atoms with van der Waals surface area (Å²) < 4.78 is 0. The Bertz CT molecular complexity index is 1670. The van der Waals surface area contributed by atoms with Gasteiger partial charge in [-0.25, -0.2) is 0 Å². The fourth-order valence-corrected chi connectivity index (χ4v) is 16.5. The molecule has 0 bridgehead atoms. The minimum absolute atomic E-state index is 0.276. The number of hydrogen-bond donors (Lipinski definition) is 12. The van der Waals surface area contributed by atoms with Gasteiger partial charge in [0.1, 0.15) is 0 Å². The third kappa shape index (κ3) is 22.8. The van der Waals surface area contributed by atoms with Crippen molar-refractivity contribution in [2.75, 3.05) is 0 Å². The lowest BCUT2D eigenvalue weighted by atomic mass is 9.78. The fraction of sp³-hybridized carbons (Fsp3) is 0.833. The van der Waals surface area contributed by atoms with E-state index in [1.807, 2.05) is 36.5 Å². The summed E-state index contributed by atoms with van der Waals surface area (Å²) in [5, 5.41) is 116. The molecule has 12 N–H and O–H groups in total. The van der Waals surface area contributed by atoms with Gasteiger partial charge in [0.2, 0.25) is 0 Å². The zero-order valence-corrected chi connectivity index (χ0v) is 51.9. The van der Waals surface area contributed by atoms with E-state index in [9.17, 15) is 61.3 Å². The molecule has 0 spiro atoms. The van der Waals surface area contributed by atoms with Crippen LogP contribution in [0.15, 0.2) is 69.9 Å². The topological polar surface area (TPSA) is 243 Å². The van der Waals surface area contributed by atoms with E-state index < -0.39 is 0 Å². The molecular formula is C72H120O12. The van der Waals surface area contributed by atoms with Crippen molar-refractivity contribution in [3.63, 3.8) is 0 Å². The van der Waals surface area contributed by atoms with Crippen LogP contribution in [0, 0.1) is 35.5 Å². The van der Waals surface area contributed by atoms with Crippen molar-refractivity contribution >= 4 is 0 Å². The Kier molecular flexibility index (Phi) is 30.7. The third-order valence-corrected chi connectivity index (χ3v) is 21.5. The molecule has 0 radical (unpaired) electrons. The van der Waals surface area contributed by atoms with Crippen molar-refractivity contribution in [3.05, 3.63) is 69.9 Å². The normalized spacial score (nSPS) is 35.4. The molecule has 12 heteroatoms. The van der Waals surface area contributed by atoms with Crippen LogP contribution in [0.3, 0.4) is 0 Å². The van der Waals surface area contributed by atoms with Crippen LogP contribution in [0.2, 0.25) is 0 Å². The first kappa shape index (κ1) is 69.4. The Morgan fingerprint density at radius 1 is 0.155 bits per heavy atom. The first-order chi connectivity index (χ1) is 40.6. The molecule has 84 heavy (non-hydrogen) atoms. The van der Waals surface area contributed by atoms with Gasteiger partial charge < -0.3 is 61.3 Å². The van der Waals surface area contributed by atoms with Gasteiger partial charge in [0.25, 0.3) is 0 Å². The van der Waals surface area contributed by atoms with Gasteiger partial charge in [-0.05, 0) is 223 Å². The summed E-state index contributed by atoms with van der Waals surface area (Å²) in [6.07, 6.45) is 54.5. The van der Waals surface area contributed by atoms with Crippen LogP contribution in [-0.2, 0) is 0 Å². The van der Waals surface area contributed by atoms with Gasteiger partial charge >= 0.3 is 0 Å². The molecule has 6 saturated carbocycles. The highest BCUT2D eigenvalue weighted by Crippen LogP contribution is 2.40. The van der Waals surface area contributed by atoms with Crippen LogP contribution in [0.1, 0.15) is 270 Å². The number of aliphatic hydroxyl groups excluding tert-OH is 12. The fourth-order valence-electron chi connectivity index (χ4n) is 16.5. The van der Waals surface area contributed by atoms with Gasteiger partial charge in [-0.15, -0.1) is 0 Å². The molecule has 0 amide bonds. The van der Waals surface area contributed by atoms with E-state index >= 15 is 0 Å². The van der Waals surface area contributed by atoms with E-state index in [1.165, 1.54) is 193 Å². The minimum Gasteiger partial charge on any atom is -0.389 e. The summed E-state index contributed by atoms with van der Waals surface area (Å²) in [5.74, 6) is 3.30. The highest BCUT2D eigenvalue weighted by molar-refractivity contribution is 5.22. The Morgan fingerprint density at radius 3 is 0.393 bits per heavy atom. The second-order valence-electron chi connectivity index (χ2n) is 28.0. The van der Waals surface area contributed by atoms with Gasteiger partial charge in [-0.3, -0.25) is 0 Å². The lowest BCUT2D eigenvalue weighted by molar-refractivity contribution is 0.123. The van der Waals surface area contributed by atoms with E-state index in [2.05, 4.69) is 0 Å². The first-order valence-corrected chi connectivity index (χ1v) is 35.1. The van der Waals surface area contributed by atoms with Gasteiger partial charge in [-0.2, -0.15) is 0 Å². The Morgan fingerprint density at radius 2 is 0.274 bits per heavy atom. The summed E-state index contributed by atoms with van der Waals surface area (Å²) in [6.45, 7) is 0. The van der Waals surface area contributed by atoms with Crippen LogP contribution in [0.5, 0.6) is 0 Å². The van der Waals surface area contributed by atoms with Crippen molar-refractivity contribution in [2.24, 2.45) is 35.5 Å². The van der Waals surface area contributed by atoms with E-state index in [4.69, 9.17) is 0 Å². The van der Waals surface area contributed by atoms with E-state index in [0.717, 1.165) is 110 Å². The summed E-state index contributed by atoms with van der Waals surface area (Å²) in [7, 11) is 0. The molecular weight excluding hydrogens is 1060 g/mol. The molecule has 0 aromatic carbocycles. The molecule has 12 aliphatic rings. The quantitative estimate of drug-likeness (QED) is 0.111. The highest BCUT2D eigenvalue weighted by atomic mass is 16.3. The predicted octanol–water partition coefficient (Wildman–Crippen LogP) is 12.1. The molecule has 12 rings (SSSR count). The van der Waals surface area contributed by atoms with Crippen molar-refractivity contribution in [1.82, 2.24) is 0 Å². The number of hydrogen-bond acceptors (Lipinski definition) is 12. The zero-order chi connectivity index (χ0) is 59.8. The van der Waals surface area contributed by atoms with Gasteiger partial charge in [0.15, 0.2) is 0 Å². The van der Waals surface area contributed by atoms with E-state index in [0.29, 0.717) is 35.5 Å². The third-order valence-electron chi connectivity index (χ3n) is 21.5. The van der Waals surface area contributed by atoms with Gasteiger partial charge in [-0.1, -0.05) is 152 Å². The van der Waals surface area contributed by atoms with Crippen LogP contribution in [-0.4, -0.2) is 135 Å². The smallest absolute Gasteiger partial charge is 0.0754 e. The van der Waals surface area contributed by atoms with Crippen molar-refractivity contribution in [3.8, 4) is 0 Å². The molecule has 6 fully saturated rings. The monoisotopic (exact) mass is 1180 g/mol. The molecule has 0 heterocycles. The van der Waals surface area contributed by atoms with Crippen LogP contribution in [0.4, 0.5) is 0 Å². The maximum absolute atomic E-state index is 9.86. The summed E-state index contributed by atoms with van der Waals surface area (Å²) in [6, 6.07) is 0. The van der Waals surface area contributed by atoms with E-state index in [-0.39, 0.29) is 73.2 Å². The van der Waals surface area contributed by atoms with Crippen molar-refractivity contribution in [2.45, 2.75) is 343 Å². The summed E-state index contributed by atoms with van der Waals surface area (Å²) >= 11 is 0.